The predicted molar refractivity (Wildman–Crippen MR) is 57.7 cm³/mol. The van der Waals surface area contributed by atoms with Crippen LogP contribution >= 0.6 is 11.6 Å². The van der Waals surface area contributed by atoms with Gasteiger partial charge >= 0.3 is 5.97 Å². The normalized spacial score (nSPS) is 10.4. The smallest absolute Gasteiger partial charge is 0.352 e. The summed E-state index contributed by atoms with van der Waals surface area (Å²) in [4.78, 5) is 10.9. The molecule has 0 amide bonds. The first-order chi connectivity index (χ1) is 7.58. The summed E-state index contributed by atoms with van der Waals surface area (Å²) < 4.78 is 14.1. The third kappa shape index (κ3) is 1.92. The van der Waals surface area contributed by atoms with E-state index in [1.165, 1.54) is 41.1 Å². The van der Waals surface area contributed by atoms with Gasteiger partial charge in [-0.3, -0.25) is 0 Å². The van der Waals surface area contributed by atoms with Crippen molar-refractivity contribution in [1.82, 2.24) is 4.57 Å². The van der Waals surface area contributed by atoms with Gasteiger partial charge in [-0.15, -0.1) is 0 Å². The van der Waals surface area contributed by atoms with E-state index in [2.05, 4.69) is 0 Å². The Bertz CT molecular complexity index is 533. The summed E-state index contributed by atoms with van der Waals surface area (Å²) in [5.74, 6) is -1.46. The van der Waals surface area contributed by atoms with Crippen LogP contribution in [0.15, 0.2) is 36.5 Å². The Hall–Kier alpha value is -1.81. The minimum atomic E-state index is -1.09. The molecule has 0 radical (unpaired) electrons. The number of rotatable bonds is 2. The maximum absolute atomic E-state index is 12.7. The van der Waals surface area contributed by atoms with Crippen LogP contribution in [0.3, 0.4) is 0 Å². The molecule has 0 fully saturated rings. The van der Waals surface area contributed by atoms with Crippen molar-refractivity contribution < 1.29 is 14.3 Å². The zero-order valence-electron chi connectivity index (χ0n) is 8.02. The van der Waals surface area contributed by atoms with Crippen LogP contribution < -0.4 is 0 Å². The maximum atomic E-state index is 12.7. The van der Waals surface area contributed by atoms with Gasteiger partial charge in [0.2, 0.25) is 0 Å². The van der Waals surface area contributed by atoms with Gasteiger partial charge in [0.1, 0.15) is 11.5 Å². The van der Waals surface area contributed by atoms with Crippen molar-refractivity contribution in [3.63, 3.8) is 0 Å². The lowest BCUT2D eigenvalue weighted by molar-refractivity contribution is 0.0688. The Kier molecular flexibility index (Phi) is 2.66. The Morgan fingerprint density at radius 2 is 1.94 bits per heavy atom. The highest BCUT2D eigenvalue weighted by atomic mass is 35.5. The summed E-state index contributed by atoms with van der Waals surface area (Å²) in [5.41, 5.74) is 0.585. The van der Waals surface area contributed by atoms with Gasteiger partial charge in [0.05, 0.1) is 5.02 Å². The average Bonchev–Trinajstić information content (AvgIpc) is 2.61. The minimum absolute atomic E-state index is 0.0385. The molecule has 0 saturated carbocycles. The molecular weight excluding hydrogens is 233 g/mol. The highest BCUT2D eigenvalue weighted by Gasteiger charge is 2.12. The first kappa shape index (κ1) is 10.7. The fourth-order valence-corrected chi connectivity index (χ4v) is 1.61. The largest absolute Gasteiger partial charge is 0.477 e. The molecule has 0 atom stereocenters. The molecule has 1 aromatic heterocycles. The van der Waals surface area contributed by atoms with Crippen LogP contribution in [-0.4, -0.2) is 15.6 Å². The molecule has 1 heterocycles. The minimum Gasteiger partial charge on any atom is -0.477 e. The van der Waals surface area contributed by atoms with Gasteiger partial charge in [0.25, 0.3) is 0 Å². The van der Waals surface area contributed by atoms with Crippen molar-refractivity contribution in [1.29, 1.82) is 0 Å². The van der Waals surface area contributed by atoms with Crippen molar-refractivity contribution in [2.24, 2.45) is 0 Å². The van der Waals surface area contributed by atoms with Crippen LogP contribution in [0.5, 0.6) is 0 Å². The van der Waals surface area contributed by atoms with Crippen molar-refractivity contribution in [3.05, 3.63) is 53.1 Å². The number of carboxylic acid groups (broad SMARTS) is 1. The summed E-state index contributed by atoms with van der Waals surface area (Å²) in [6, 6.07) is 6.83. The van der Waals surface area contributed by atoms with Gasteiger partial charge in [0.15, 0.2) is 0 Å². The molecule has 0 aliphatic rings. The van der Waals surface area contributed by atoms with E-state index in [4.69, 9.17) is 16.7 Å². The van der Waals surface area contributed by atoms with Gasteiger partial charge in [-0.05, 0) is 30.3 Å². The second-order valence-corrected chi connectivity index (χ2v) is 3.63. The van der Waals surface area contributed by atoms with Gasteiger partial charge in [-0.25, -0.2) is 9.18 Å². The summed E-state index contributed by atoms with van der Waals surface area (Å²) in [5, 5.41) is 9.26. The third-order valence-corrected chi connectivity index (χ3v) is 2.32. The second-order valence-electron chi connectivity index (χ2n) is 3.20. The highest BCUT2D eigenvalue weighted by molar-refractivity contribution is 6.31. The second kappa shape index (κ2) is 3.98. The van der Waals surface area contributed by atoms with E-state index in [0.717, 1.165) is 0 Å². The molecule has 2 rings (SSSR count). The lowest BCUT2D eigenvalue weighted by Gasteiger charge is -2.05. The van der Waals surface area contributed by atoms with Crippen LogP contribution in [0.2, 0.25) is 5.02 Å². The highest BCUT2D eigenvalue weighted by Crippen LogP contribution is 2.19. The number of hydrogen-bond donors (Lipinski definition) is 1. The van der Waals surface area contributed by atoms with E-state index >= 15 is 0 Å². The summed E-state index contributed by atoms with van der Waals surface area (Å²) in [6.07, 6.45) is 1.47. The van der Waals surface area contributed by atoms with Crippen molar-refractivity contribution in [3.8, 4) is 5.69 Å². The van der Waals surface area contributed by atoms with Crippen LogP contribution in [-0.2, 0) is 0 Å². The lowest BCUT2D eigenvalue weighted by atomic mass is 10.3. The van der Waals surface area contributed by atoms with Crippen molar-refractivity contribution >= 4 is 17.6 Å². The van der Waals surface area contributed by atoms with Crippen LogP contribution in [0, 0.1) is 5.82 Å². The maximum Gasteiger partial charge on any atom is 0.352 e. The molecule has 0 spiro atoms. The van der Waals surface area contributed by atoms with Crippen molar-refractivity contribution in [2.45, 2.75) is 0 Å². The Morgan fingerprint density at radius 3 is 2.50 bits per heavy atom. The number of hydrogen-bond acceptors (Lipinski definition) is 1. The fraction of sp³-hybridized carbons (Fsp3) is 0. The quantitative estimate of drug-likeness (QED) is 0.876. The van der Waals surface area contributed by atoms with Gasteiger partial charge < -0.3 is 9.67 Å². The molecule has 16 heavy (non-hydrogen) atoms. The Balaban J connectivity index is 2.55. The summed E-state index contributed by atoms with van der Waals surface area (Å²) in [7, 11) is 0. The molecular formula is C11H7ClFNO2. The topological polar surface area (TPSA) is 42.2 Å². The first-order valence-corrected chi connectivity index (χ1v) is 4.83. The molecule has 82 valence electrons. The Morgan fingerprint density at radius 1 is 1.31 bits per heavy atom. The van der Waals surface area contributed by atoms with E-state index in [1.54, 1.807) is 0 Å². The Labute approximate surface area is 95.7 Å². The summed E-state index contributed by atoms with van der Waals surface area (Å²) >= 11 is 5.73. The summed E-state index contributed by atoms with van der Waals surface area (Å²) in [6.45, 7) is 0. The average molecular weight is 240 g/mol. The molecule has 0 saturated heterocycles. The van der Waals surface area contributed by atoms with Crippen LogP contribution in [0.25, 0.3) is 5.69 Å². The molecule has 5 heteroatoms. The van der Waals surface area contributed by atoms with Crippen LogP contribution in [0.4, 0.5) is 4.39 Å². The number of benzene rings is 1. The number of carbonyl (C=O) groups is 1. The molecule has 0 aliphatic heterocycles. The molecule has 1 aromatic carbocycles. The predicted octanol–water partition coefficient (Wildman–Crippen LogP) is 2.97. The number of nitrogens with zero attached hydrogens (tertiary/aromatic N) is 1. The number of carboxylic acids is 1. The fourth-order valence-electron chi connectivity index (χ4n) is 1.41. The number of aromatic carboxylic acids is 1. The number of aromatic nitrogens is 1. The number of halogens is 2. The van der Waals surface area contributed by atoms with Gasteiger partial charge in [-0.2, -0.15) is 0 Å². The van der Waals surface area contributed by atoms with E-state index in [0.29, 0.717) is 10.7 Å². The van der Waals surface area contributed by atoms with E-state index < -0.39 is 5.97 Å². The molecule has 2 aromatic rings. The van der Waals surface area contributed by atoms with Gasteiger partial charge in [-0.1, -0.05) is 11.6 Å². The van der Waals surface area contributed by atoms with Gasteiger partial charge in [0, 0.05) is 11.9 Å². The van der Waals surface area contributed by atoms with Crippen molar-refractivity contribution in [2.75, 3.05) is 0 Å². The SMILES string of the molecule is O=C(O)c1cc(Cl)cn1-c1ccc(F)cc1. The van der Waals surface area contributed by atoms with E-state index in [9.17, 15) is 9.18 Å². The van der Waals surface area contributed by atoms with E-state index in [1.807, 2.05) is 0 Å². The molecule has 0 aliphatic carbocycles. The third-order valence-electron chi connectivity index (χ3n) is 2.11. The monoisotopic (exact) mass is 239 g/mol. The molecule has 0 unspecified atom stereocenters. The standard InChI is InChI=1S/C11H7ClFNO2/c12-7-5-10(11(15)16)14(6-7)9-3-1-8(13)2-4-9/h1-6H,(H,15,16). The van der Waals surface area contributed by atoms with E-state index in [-0.39, 0.29) is 11.5 Å². The lowest BCUT2D eigenvalue weighted by Crippen LogP contribution is -2.05. The zero-order valence-corrected chi connectivity index (χ0v) is 8.78. The molecule has 0 bridgehead atoms. The zero-order chi connectivity index (χ0) is 11.7. The molecule has 3 nitrogen and oxygen atoms in total. The molecule has 1 N–H and O–H groups in total. The first-order valence-electron chi connectivity index (χ1n) is 4.45. The van der Waals surface area contributed by atoms with Crippen LogP contribution in [0.1, 0.15) is 10.5 Å².